The Labute approximate surface area is 75.9 Å². The topological polar surface area (TPSA) is 38.0 Å². The van der Waals surface area contributed by atoms with Crippen molar-refractivity contribution in [2.75, 3.05) is 19.6 Å². The Morgan fingerprint density at radius 2 is 2.17 bits per heavy atom. The molecule has 3 N–H and O–H groups in total. The van der Waals surface area contributed by atoms with Crippen LogP contribution in [0.25, 0.3) is 0 Å². The van der Waals surface area contributed by atoms with Gasteiger partial charge in [0.25, 0.3) is 0 Å². The van der Waals surface area contributed by atoms with E-state index in [1.807, 2.05) is 0 Å². The summed E-state index contributed by atoms with van der Waals surface area (Å²) >= 11 is 0. The molecule has 2 heteroatoms. The minimum atomic E-state index is 0.317. The highest BCUT2D eigenvalue weighted by Crippen LogP contribution is 2.30. The molecule has 1 atom stereocenters. The van der Waals surface area contributed by atoms with Gasteiger partial charge in [-0.05, 0) is 43.8 Å². The van der Waals surface area contributed by atoms with Gasteiger partial charge in [-0.1, -0.05) is 20.3 Å². The fourth-order valence-electron chi connectivity index (χ4n) is 1.85. The van der Waals surface area contributed by atoms with Gasteiger partial charge in [0.05, 0.1) is 0 Å². The molecule has 1 saturated heterocycles. The van der Waals surface area contributed by atoms with E-state index in [9.17, 15) is 0 Å². The van der Waals surface area contributed by atoms with E-state index in [-0.39, 0.29) is 0 Å². The summed E-state index contributed by atoms with van der Waals surface area (Å²) in [4.78, 5) is 0. The van der Waals surface area contributed by atoms with E-state index in [1.54, 1.807) is 0 Å². The van der Waals surface area contributed by atoms with Crippen LogP contribution in [0.1, 0.15) is 33.1 Å². The van der Waals surface area contributed by atoms with Gasteiger partial charge >= 0.3 is 0 Å². The molecular weight excluding hydrogens is 148 g/mol. The molecule has 1 aliphatic rings. The highest BCUT2D eigenvalue weighted by molar-refractivity contribution is 4.82. The smallest absolute Gasteiger partial charge is 0.00149 e. The van der Waals surface area contributed by atoms with Crippen molar-refractivity contribution in [3.05, 3.63) is 0 Å². The monoisotopic (exact) mass is 170 g/mol. The van der Waals surface area contributed by atoms with E-state index in [4.69, 9.17) is 5.73 Å². The van der Waals surface area contributed by atoms with Gasteiger partial charge in [-0.15, -0.1) is 0 Å². The van der Waals surface area contributed by atoms with Crippen molar-refractivity contribution in [3.8, 4) is 0 Å². The van der Waals surface area contributed by atoms with Crippen LogP contribution >= 0.6 is 0 Å². The molecule has 1 unspecified atom stereocenters. The second kappa shape index (κ2) is 4.24. The molecule has 0 radical (unpaired) electrons. The number of hydrogen-bond acceptors (Lipinski definition) is 2. The average Bonchev–Trinajstić information content (AvgIpc) is 2.32. The molecule has 1 heterocycles. The molecule has 1 aliphatic heterocycles. The molecule has 0 aromatic carbocycles. The van der Waals surface area contributed by atoms with E-state index in [0.717, 1.165) is 19.0 Å². The lowest BCUT2D eigenvalue weighted by Gasteiger charge is -2.32. The molecule has 12 heavy (non-hydrogen) atoms. The van der Waals surface area contributed by atoms with E-state index in [1.165, 1.54) is 25.8 Å². The summed E-state index contributed by atoms with van der Waals surface area (Å²) in [5.74, 6) is 0.769. The summed E-state index contributed by atoms with van der Waals surface area (Å²) in [6.45, 7) is 7.72. The minimum absolute atomic E-state index is 0.317. The summed E-state index contributed by atoms with van der Waals surface area (Å²) in [5, 5.41) is 3.48. The van der Waals surface area contributed by atoms with Crippen LogP contribution in [0, 0.1) is 11.3 Å². The molecule has 0 aromatic rings. The fourth-order valence-corrected chi connectivity index (χ4v) is 1.85. The minimum Gasteiger partial charge on any atom is -0.330 e. The highest BCUT2D eigenvalue weighted by Gasteiger charge is 2.28. The Morgan fingerprint density at radius 3 is 2.83 bits per heavy atom. The van der Waals surface area contributed by atoms with E-state index in [0.29, 0.717) is 5.41 Å². The molecule has 0 saturated carbocycles. The van der Waals surface area contributed by atoms with Crippen molar-refractivity contribution in [1.82, 2.24) is 5.32 Å². The van der Waals surface area contributed by atoms with Crippen molar-refractivity contribution in [2.24, 2.45) is 17.1 Å². The lowest BCUT2D eigenvalue weighted by atomic mass is 9.76. The second-order valence-electron chi connectivity index (χ2n) is 4.59. The molecule has 2 nitrogen and oxygen atoms in total. The van der Waals surface area contributed by atoms with Gasteiger partial charge in [-0.2, -0.15) is 0 Å². The number of nitrogens with one attached hydrogen (secondary N) is 1. The molecule has 0 bridgehead atoms. The largest absolute Gasteiger partial charge is 0.330 e. The predicted octanol–water partition coefficient (Wildman–Crippen LogP) is 1.36. The molecular formula is C10H22N2. The molecule has 1 fully saturated rings. The van der Waals surface area contributed by atoms with Crippen LogP contribution in [-0.4, -0.2) is 19.6 Å². The standard InChI is InChI=1S/C10H22N2/c1-10(2,8-11)9-5-3-4-6-12-7-9/h9,12H,3-8,11H2,1-2H3. The summed E-state index contributed by atoms with van der Waals surface area (Å²) in [6.07, 6.45) is 4.04. The Balaban J connectivity index is 2.47. The van der Waals surface area contributed by atoms with E-state index >= 15 is 0 Å². The van der Waals surface area contributed by atoms with Crippen molar-refractivity contribution in [1.29, 1.82) is 0 Å². The van der Waals surface area contributed by atoms with Crippen molar-refractivity contribution in [2.45, 2.75) is 33.1 Å². The number of nitrogens with two attached hydrogens (primary N) is 1. The lowest BCUT2D eigenvalue weighted by molar-refractivity contribution is 0.210. The second-order valence-corrected chi connectivity index (χ2v) is 4.59. The normalized spacial score (nSPS) is 26.8. The maximum absolute atomic E-state index is 5.76. The van der Waals surface area contributed by atoms with Crippen LogP contribution in [0.15, 0.2) is 0 Å². The third kappa shape index (κ3) is 2.46. The first-order chi connectivity index (χ1) is 5.67. The van der Waals surface area contributed by atoms with Gasteiger partial charge in [-0.25, -0.2) is 0 Å². The molecule has 0 aliphatic carbocycles. The van der Waals surface area contributed by atoms with Crippen molar-refractivity contribution >= 4 is 0 Å². The van der Waals surface area contributed by atoms with E-state index < -0.39 is 0 Å². The third-order valence-electron chi connectivity index (χ3n) is 3.18. The summed E-state index contributed by atoms with van der Waals surface area (Å²) < 4.78 is 0. The van der Waals surface area contributed by atoms with Gasteiger partial charge in [0.15, 0.2) is 0 Å². The van der Waals surface area contributed by atoms with Crippen LogP contribution in [0.2, 0.25) is 0 Å². The quantitative estimate of drug-likeness (QED) is 0.656. The first kappa shape index (κ1) is 10.0. The predicted molar refractivity (Wildman–Crippen MR) is 53.0 cm³/mol. The van der Waals surface area contributed by atoms with Crippen molar-refractivity contribution in [3.63, 3.8) is 0 Å². The molecule has 1 rings (SSSR count). The zero-order chi connectivity index (χ0) is 9.03. The van der Waals surface area contributed by atoms with E-state index in [2.05, 4.69) is 19.2 Å². The zero-order valence-electron chi connectivity index (χ0n) is 8.40. The molecule has 0 aromatic heterocycles. The first-order valence-corrected chi connectivity index (χ1v) is 5.07. The van der Waals surface area contributed by atoms with Gasteiger partial charge in [-0.3, -0.25) is 0 Å². The van der Waals surface area contributed by atoms with Crippen LogP contribution < -0.4 is 11.1 Å². The Morgan fingerprint density at radius 1 is 1.42 bits per heavy atom. The fraction of sp³-hybridized carbons (Fsp3) is 1.00. The Hall–Kier alpha value is -0.0800. The summed E-state index contributed by atoms with van der Waals surface area (Å²) in [6, 6.07) is 0. The van der Waals surface area contributed by atoms with Crippen LogP contribution in [0.4, 0.5) is 0 Å². The summed E-state index contributed by atoms with van der Waals surface area (Å²) in [5.41, 5.74) is 6.08. The number of rotatable bonds is 2. The maximum Gasteiger partial charge on any atom is -0.00149 e. The Bertz CT molecular complexity index is 124. The van der Waals surface area contributed by atoms with Crippen LogP contribution in [0.3, 0.4) is 0 Å². The number of hydrogen-bond donors (Lipinski definition) is 2. The Kier molecular flexibility index (Phi) is 3.53. The van der Waals surface area contributed by atoms with Gasteiger partial charge < -0.3 is 11.1 Å². The lowest BCUT2D eigenvalue weighted by Crippen LogP contribution is -2.37. The van der Waals surface area contributed by atoms with Gasteiger partial charge in [0.2, 0.25) is 0 Å². The SMILES string of the molecule is CC(C)(CN)C1CCCCNC1. The average molecular weight is 170 g/mol. The summed E-state index contributed by atoms with van der Waals surface area (Å²) in [7, 11) is 0. The highest BCUT2D eigenvalue weighted by atomic mass is 14.9. The van der Waals surface area contributed by atoms with Crippen LogP contribution in [0.5, 0.6) is 0 Å². The molecule has 0 amide bonds. The third-order valence-corrected chi connectivity index (χ3v) is 3.18. The zero-order valence-corrected chi connectivity index (χ0v) is 8.40. The van der Waals surface area contributed by atoms with Gasteiger partial charge in [0.1, 0.15) is 0 Å². The first-order valence-electron chi connectivity index (χ1n) is 5.07. The van der Waals surface area contributed by atoms with Crippen LogP contribution in [-0.2, 0) is 0 Å². The molecule has 0 spiro atoms. The maximum atomic E-state index is 5.76. The van der Waals surface area contributed by atoms with Crippen molar-refractivity contribution < 1.29 is 0 Å². The molecule has 72 valence electrons. The van der Waals surface area contributed by atoms with Gasteiger partial charge in [0, 0.05) is 0 Å².